The van der Waals surface area contributed by atoms with Gasteiger partial charge in [0.15, 0.2) is 46.5 Å². The quantitative estimate of drug-likeness (QED) is 0.0766. The minimum Gasteiger partial charge on any atom is -0.599 e. The van der Waals surface area contributed by atoms with E-state index in [-0.39, 0.29) is 22.6 Å². The summed E-state index contributed by atoms with van der Waals surface area (Å²) >= 11 is -3.91. The standard InChI is InChI=1S/C48H46F10N2O2.Al.ClH/c1-45(2,3)21-17-23(43(61)25(19-21)47(7,8)9)41(29-31(49)35(53)39(57)36(54)32(29)50)59-27-15-13-14-16-28(27)60-42(30-33(51)37(55)40(58)38(56)34(30)52)24-18-22(46(4,5)6)20-26(44(24)62)48(10,11)12;;/h13-20,61-62H,1-12H3;;1H/q;+3;/p-3. The first-order chi connectivity index (χ1) is 29.4. The van der Waals surface area contributed by atoms with Crippen LogP contribution in [-0.4, -0.2) is 25.3 Å². The van der Waals surface area contributed by atoms with Gasteiger partial charge in [0.25, 0.3) is 0 Å². The molecule has 64 heavy (non-hydrogen) atoms. The Kier molecular flexibility index (Phi) is 12.8. The highest BCUT2D eigenvalue weighted by molar-refractivity contribution is 7.00. The predicted octanol–water partition coefficient (Wildman–Crippen LogP) is 14.6. The van der Waals surface area contributed by atoms with Gasteiger partial charge < -0.3 is 7.58 Å². The number of para-hydroxylation sites is 2. The van der Waals surface area contributed by atoms with E-state index >= 15 is 35.1 Å². The summed E-state index contributed by atoms with van der Waals surface area (Å²) in [7, 11) is 7.14. The molecule has 5 aromatic carbocycles. The van der Waals surface area contributed by atoms with Gasteiger partial charge in [0.05, 0.1) is 45.4 Å². The van der Waals surface area contributed by atoms with Crippen molar-refractivity contribution in [3.8, 4) is 11.5 Å². The first-order valence-corrected chi connectivity index (χ1v) is 22.7. The minimum absolute atomic E-state index is 0.210. The molecule has 0 atom stereocenters. The maximum Gasteiger partial charge on any atom is 0.999 e. The van der Waals surface area contributed by atoms with Crippen molar-refractivity contribution >= 4 is 46.7 Å². The molecule has 6 rings (SSSR count). The average Bonchev–Trinajstić information content (AvgIpc) is 3.19. The second-order valence-electron chi connectivity index (χ2n) is 19.6. The fraction of sp³-hybridized carbons (Fsp3) is 0.333. The number of fused-ring (bicyclic) bond motifs is 3. The normalized spacial score (nSPS) is 14.0. The van der Waals surface area contributed by atoms with Gasteiger partial charge in [-0.3, -0.25) is 0 Å². The Bertz CT molecular complexity index is 2550. The first-order valence-electron chi connectivity index (χ1n) is 20.0. The third-order valence-electron chi connectivity index (χ3n) is 10.7. The molecule has 0 amide bonds. The second kappa shape index (κ2) is 16.9. The van der Waals surface area contributed by atoms with E-state index in [2.05, 4.69) is 9.98 Å². The molecular formula is C48H44AlClF10N2O2. The molecule has 0 N–H and O–H groups in total. The number of hydrogen-bond acceptors (Lipinski definition) is 4. The zero-order chi connectivity index (χ0) is 47.9. The smallest absolute Gasteiger partial charge is 0.599 e. The van der Waals surface area contributed by atoms with Gasteiger partial charge in [-0.05, 0) is 68.2 Å². The van der Waals surface area contributed by atoms with Gasteiger partial charge >= 0.3 is 13.9 Å². The number of halogens is 11. The lowest BCUT2D eigenvalue weighted by Gasteiger charge is -2.32. The van der Waals surface area contributed by atoms with Crippen molar-refractivity contribution in [1.82, 2.24) is 0 Å². The van der Waals surface area contributed by atoms with Crippen LogP contribution in [0.2, 0.25) is 0 Å². The maximum absolute atomic E-state index is 16.3. The van der Waals surface area contributed by atoms with Crippen molar-refractivity contribution < 1.29 is 51.5 Å². The van der Waals surface area contributed by atoms with Crippen LogP contribution in [0.1, 0.15) is 128 Å². The molecule has 1 aliphatic heterocycles. The summed E-state index contributed by atoms with van der Waals surface area (Å²) in [5.74, 6) is -23.5. The highest BCUT2D eigenvalue weighted by atomic mass is 35.6. The van der Waals surface area contributed by atoms with Crippen LogP contribution >= 0.6 is 10.0 Å². The van der Waals surface area contributed by atoms with E-state index < -0.39 is 128 Å². The van der Waals surface area contributed by atoms with Crippen LogP contribution in [0.25, 0.3) is 0 Å². The van der Waals surface area contributed by atoms with Gasteiger partial charge in [0.1, 0.15) is 0 Å². The summed E-state index contributed by atoms with van der Waals surface area (Å²) in [5.41, 5.74) is -7.69. The van der Waals surface area contributed by atoms with E-state index in [1.165, 1.54) is 36.4 Å². The van der Waals surface area contributed by atoms with Gasteiger partial charge in [0.2, 0.25) is 11.6 Å². The molecule has 0 saturated heterocycles. The summed E-state index contributed by atoms with van der Waals surface area (Å²) in [6.45, 7) is 21.6. The van der Waals surface area contributed by atoms with Crippen LogP contribution in [0.15, 0.2) is 58.5 Å². The topological polar surface area (TPSA) is 43.2 Å². The Hall–Kier alpha value is -4.84. The fourth-order valence-corrected chi connectivity index (χ4v) is 8.54. The van der Waals surface area contributed by atoms with Crippen molar-refractivity contribution in [3.05, 3.63) is 151 Å². The van der Waals surface area contributed by atoms with Gasteiger partial charge in [-0.15, -0.1) is 0 Å². The first kappa shape index (κ1) is 48.6. The van der Waals surface area contributed by atoms with Gasteiger partial charge in [-0.25, -0.2) is 53.9 Å². The van der Waals surface area contributed by atoms with E-state index in [9.17, 15) is 8.78 Å². The van der Waals surface area contributed by atoms with Gasteiger partial charge in [-0.2, -0.15) is 10.0 Å². The van der Waals surface area contributed by atoms with Gasteiger partial charge in [0, 0.05) is 11.1 Å². The van der Waals surface area contributed by atoms with E-state index in [4.69, 9.17) is 17.6 Å². The summed E-state index contributed by atoms with van der Waals surface area (Å²) in [6.07, 6.45) is 0. The Morgan fingerprint density at radius 3 is 0.969 bits per heavy atom. The number of benzene rings is 5. The molecule has 338 valence electrons. The average molecular weight is 933 g/mol. The molecule has 0 bridgehead atoms. The van der Waals surface area contributed by atoms with Crippen LogP contribution in [-0.2, 0) is 21.7 Å². The zero-order valence-electron chi connectivity index (χ0n) is 37.1. The molecule has 1 heterocycles. The number of hydrogen-bond donors (Lipinski definition) is 0. The van der Waals surface area contributed by atoms with Crippen molar-refractivity contribution in [2.75, 3.05) is 0 Å². The molecule has 0 unspecified atom stereocenters. The highest BCUT2D eigenvalue weighted by Gasteiger charge is 2.42. The summed E-state index contributed by atoms with van der Waals surface area (Å²) in [5, 5.41) is 0. The molecule has 16 heteroatoms. The SMILES string of the molecule is CC(C)(C)c1cc2c(c(C(C)(C)C)c1)[O][Al]([Cl])[O]c1c(cc(C(C)(C)C)cc1C(C)(C)C)C(c1c(F)c(F)c(F)c(F)c1F)=Nc1ccccc1N=C2c1c(F)c(F)c(F)c(F)c1F. The van der Waals surface area contributed by atoms with E-state index in [1.807, 2.05) is 41.5 Å². The van der Waals surface area contributed by atoms with Crippen molar-refractivity contribution in [2.45, 2.75) is 105 Å². The number of nitrogens with zero attached hydrogens (tertiary/aromatic N) is 2. The summed E-state index contributed by atoms with van der Waals surface area (Å²) in [4.78, 5) is 9.08. The van der Waals surface area contributed by atoms with Crippen molar-refractivity contribution in [1.29, 1.82) is 0 Å². The van der Waals surface area contributed by atoms with Crippen LogP contribution in [0.5, 0.6) is 11.5 Å². The molecular weight excluding hydrogens is 889 g/mol. The largest absolute Gasteiger partial charge is 0.999 e. The fourth-order valence-electron chi connectivity index (χ4n) is 7.07. The van der Waals surface area contributed by atoms with Crippen LogP contribution < -0.4 is 7.58 Å². The van der Waals surface area contributed by atoms with E-state index in [0.29, 0.717) is 22.3 Å². The monoisotopic (exact) mass is 932 g/mol. The summed E-state index contributed by atoms with van der Waals surface area (Å²) < 4.78 is 169. The lowest BCUT2D eigenvalue weighted by atomic mass is 9.78. The molecule has 0 spiro atoms. The molecule has 0 aliphatic carbocycles. The highest BCUT2D eigenvalue weighted by Crippen LogP contribution is 2.46. The minimum atomic E-state index is -3.91. The lowest BCUT2D eigenvalue weighted by molar-refractivity contribution is 0.377. The molecule has 4 nitrogen and oxygen atoms in total. The van der Waals surface area contributed by atoms with Crippen LogP contribution in [0, 0.1) is 58.2 Å². The Morgan fingerprint density at radius 2 is 0.703 bits per heavy atom. The van der Waals surface area contributed by atoms with E-state index in [0.717, 1.165) is 0 Å². The predicted molar refractivity (Wildman–Crippen MR) is 230 cm³/mol. The second-order valence-corrected chi connectivity index (χ2v) is 21.7. The molecule has 5 aromatic rings. The molecule has 0 saturated carbocycles. The van der Waals surface area contributed by atoms with Crippen molar-refractivity contribution in [3.63, 3.8) is 0 Å². The van der Waals surface area contributed by atoms with Crippen molar-refractivity contribution in [2.24, 2.45) is 9.98 Å². The summed E-state index contributed by atoms with van der Waals surface area (Å²) in [6, 6.07) is 11.5. The molecule has 0 aromatic heterocycles. The van der Waals surface area contributed by atoms with E-state index in [1.54, 1.807) is 53.7 Å². The number of aliphatic imine (C=N–C) groups is 2. The Balaban J connectivity index is 1.95. The zero-order valence-corrected chi connectivity index (χ0v) is 39.0. The number of rotatable bonds is 2. The van der Waals surface area contributed by atoms with Gasteiger partial charge in [-0.1, -0.05) is 107 Å². The van der Waals surface area contributed by atoms with Crippen LogP contribution in [0.4, 0.5) is 55.3 Å². The maximum atomic E-state index is 16.3. The molecule has 0 radical (unpaired) electrons. The lowest BCUT2D eigenvalue weighted by Crippen LogP contribution is -2.30. The Labute approximate surface area is 374 Å². The van der Waals surface area contributed by atoms with Crippen LogP contribution in [0.3, 0.4) is 0 Å². The Morgan fingerprint density at radius 1 is 0.422 bits per heavy atom. The third-order valence-corrected chi connectivity index (χ3v) is 12.1. The molecule has 0 fully saturated rings. The third kappa shape index (κ3) is 8.92. The molecule has 1 aliphatic rings.